The van der Waals surface area contributed by atoms with Gasteiger partial charge in [0.25, 0.3) is 0 Å². The van der Waals surface area contributed by atoms with E-state index in [9.17, 15) is 0 Å². The summed E-state index contributed by atoms with van der Waals surface area (Å²) >= 11 is 0. The van der Waals surface area contributed by atoms with Crippen LogP contribution in [0.15, 0.2) is 0 Å². The maximum absolute atomic E-state index is 8.85. The fraction of sp³-hybridized carbons (Fsp3) is 1.00. The van der Waals surface area contributed by atoms with Gasteiger partial charge in [0.15, 0.2) is 0 Å². The van der Waals surface area contributed by atoms with Gasteiger partial charge >= 0.3 is 0 Å². The van der Waals surface area contributed by atoms with E-state index in [4.69, 9.17) is 20.3 Å². The van der Waals surface area contributed by atoms with Gasteiger partial charge in [-0.2, -0.15) is 0 Å². The van der Waals surface area contributed by atoms with Crippen molar-refractivity contribution in [1.82, 2.24) is 0 Å². The number of hydrogen-bond donors (Lipinski definition) is 2. The maximum Gasteiger partial charge on any atom is 0.0954 e. The molecule has 0 aromatic rings. The lowest BCUT2D eigenvalue weighted by Gasteiger charge is -2.18. The molecule has 2 unspecified atom stereocenters. The Balaban J connectivity index is 3.28. The minimum Gasteiger partial charge on any atom is -0.394 e. The molecule has 13 heavy (non-hydrogen) atoms. The van der Waals surface area contributed by atoms with Gasteiger partial charge in [-0.1, -0.05) is 6.92 Å². The maximum atomic E-state index is 8.85. The molecule has 0 aliphatic heterocycles. The lowest BCUT2D eigenvalue weighted by molar-refractivity contribution is -0.0274. The highest BCUT2D eigenvalue weighted by Gasteiger charge is 2.11. The highest BCUT2D eigenvalue weighted by atomic mass is 16.5. The topological polar surface area (TPSA) is 64.7 Å². The summed E-state index contributed by atoms with van der Waals surface area (Å²) in [6.45, 7) is 5.65. The van der Waals surface area contributed by atoms with Gasteiger partial charge in [0, 0.05) is 12.6 Å². The standard InChI is InChI=1S/C9H21NO3/c1-3-4-12-5-6-13-9(7-11)8(2)10/h8-9,11H,3-7,10H2,1-2H3. The van der Waals surface area contributed by atoms with Crippen molar-refractivity contribution < 1.29 is 14.6 Å². The van der Waals surface area contributed by atoms with Gasteiger partial charge in [0.1, 0.15) is 0 Å². The van der Waals surface area contributed by atoms with Crippen LogP contribution in [0.5, 0.6) is 0 Å². The molecule has 0 aliphatic carbocycles. The lowest BCUT2D eigenvalue weighted by Crippen LogP contribution is -2.37. The van der Waals surface area contributed by atoms with Crippen LogP contribution in [-0.4, -0.2) is 43.7 Å². The first-order valence-corrected chi connectivity index (χ1v) is 4.78. The molecule has 80 valence electrons. The average Bonchev–Trinajstić information content (AvgIpc) is 2.10. The second-order valence-electron chi connectivity index (χ2n) is 3.06. The predicted molar refractivity (Wildman–Crippen MR) is 51.6 cm³/mol. The molecule has 0 heterocycles. The molecule has 2 atom stereocenters. The van der Waals surface area contributed by atoms with E-state index in [2.05, 4.69) is 6.92 Å². The molecule has 4 nitrogen and oxygen atoms in total. The first-order valence-electron chi connectivity index (χ1n) is 4.78. The van der Waals surface area contributed by atoms with Gasteiger partial charge in [-0.15, -0.1) is 0 Å². The van der Waals surface area contributed by atoms with E-state index < -0.39 is 0 Å². The summed E-state index contributed by atoms with van der Waals surface area (Å²) in [5.74, 6) is 0. The normalized spacial score (nSPS) is 15.7. The molecule has 0 saturated heterocycles. The minimum absolute atomic E-state index is 0.0363. The quantitative estimate of drug-likeness (QED) is 0.536. The van der Waals surface area contributed by atoms with E-state index in [0.29, 0.717) is 13.2 Å². The Labute approximate surface area is 80.0 Å². The number of ether oxygens (including phenoxy) is 2. The molecule has 0 rings (SSSR count). The summed E-state index contributed by atoms with van der Waals surface area (Å²) in [6, 6.07) is -0.142. The number of aliphatic hydroxyl groups excluding tert-OH is 1. The third-order valence-electron chi connectivity index (χ3n) is 1.67. The molecule has 0 aromatic carbocycles. The van der Waals surface area contributed by atoms with E-state index in [0.717, 1.165) is 13.0 Å². The van der Waals surface area contributed by atoms with Crippen molar-refractivity contribution in [3.63, 3.8) is 0 Å². The minimum atomic E-state index is -0.273. The van der Waals surface area contributed by atoms with Crippen molar-refractivity contribution >= 4 is 0 Å². The van der Waals surface area contributed by atoms with E-state index in [-0.39, 0.29) is 18.8 Å². The molecular formula is C9H21NO3. The molecule has 0 aromatic heterocycles. The largest absolute Gasteiger partial charge is 0.394 e. The number of aliphatic hydroxyl groups is 1. The molecule has 0 amide bonds. The van der Waals surface area contributed by atoms with Crippen LogP contribution in [0, 0.1) is 0 Å². The molecule has 4 heteroatoms. The van der Waals surface area contributed by atoms with Gasteiger partial charge in [-0.05, 0) is 13.3 Å². The van der Waals surface area contributed by atoms with Crippen molar-refractivity contribution in [2.45, 2.75) is 32.4 Å². The van der Waals surface area contributed by atoms with Gasteiger partial charge in [0.2, 0.25) is 0 Å². The van der Waals surface area contributed by atoms with Gasteiger partial charge < -0.3 is 20.3 Å². The van der Waals surface area contributed by atoms with Gasteiger partial charge in [-0.25, -0.2) is 0 Å². The van der Waals surface area contributed by atoms with Crippen molar-refractivity contribution in [1.29, 1.82) is 0 Å². The molecule has 3 N–H and O–H groups in total. The summed E-state index contributed by atoms with van der Waals surface area (Å²) in [5, 5.41) is 8.85. The second-order valence-corrected chi connectivity index (χ2v) is 3.06. The van der Waals surface area contributed by atoms with Crippen LogP contribution in [0.1, 0.15) is 20.3 Å². The lowest BCUT2D eigenvalue weighted by atomic mass is 10.2. The SMILES string of the molecule is CCCOCCOC(CO)C(C)N. The molecule has 0 spiro atoms. The third-order valence-corrected chi connectivity index (χ3v) is 1.67. The van der Waals surface area contributed by atoms with Crippen LogP contribution in [-0.2, 0) is 9.47 Å². The molecule has 0 bridgehead atoms. The van der Waals surface area contributed by atoms with Crippen LogP contribution >= 0.6 is 0 Å². The first-order chi connectivity index (χ1) is 6.22. The van der Waals surface area contributed by atoms with Gasteiger partial charge in [-0.3, -0.25) is 0 Å². The zero-order valence-corrected chi connectivity index (χ0v) is 8.53. The summed E-state index contributed by atoms with van der Waals surface area (Å²) in [5.41, 5.74) is 5.56. The van der Waals surface area contributed by atoms with Crippen LogP contribution in [0.4, 0.5) is 0 Å². The predicted octanol–water partition coefficient (Wildman–Crippen LogP) is 0.138. The molecule has 0 fully saturated rings. The molecule has 0 radical (unpaired) electrons. The number of hydrogen-bond acceptors (Lipinski definition) is 4. The summed E-state index contributed by atoms with van der Waals surface area (Å²) in [7, 11) is 0. The number of rotatable bonds is 8. The first kappa shape index (κ1) is 12.8. The van der Waals surface area contributed by atoms with Crippen LogP contribution in [0.25, 0.3) is 0 Å². The second kappa shape index (κ2) is 8.44. The van der Waals surface area contributed by atoms with E-state index in [1.165, 1.54) is 0 Å². The fourth-order valence-corrected chi connectivity index (χ4v) is 0.876. The molecule has 0 aliphatic rings. The van der Waals surface area contributed by atoms with Crippen LogP contribution in [0.2, 0.25) is 0 Å². The van der Waals surface area contributed by atoms with Crippen LogP contribution < -0.4 is 5.73 Å². The average molecular weight is 191 g/mol. The Morgan fingerprint density at radius 1 is 1.31 bits per heavy atom. The van der Waals surface area contributed by atoms with E-state index in [1.807, 2.05) is 6.92 Å². The van der Waals surface area contributed by atoms with Crippen molar-refractivity contribution in [2.24, 2.45) is 5.73 Å². The summed E-state index contributed by atoms with van der Waals surface area (Å²) < 4.78 is 10.5. The van der Waals surface area contributed by atoms with Gasteiger partial charge in [0.05, 0.1) is 25.9 Å². The van der Waals surface area contributed by atoms with E-state index >= 15 is 0 Å². The Bertz CT molecular complexity index is 109. The number of nitrogens with two attached hydrogens (primary N) is 1. The Hall–Kier alpha value is -0.160. The Kier molecular flexibility index (Phi) is 8.33. The smallest absolute Gasteiger partial charge is 0.0954 e. The third kappa shape index (κ3) is 6.95. The van der Waals surface area contributed by atoms with Crippen molar-refractivity contribution in [3.8, 4) is 0 Å². The highest BCUT2D eigenvalue weighted by Crippen LogP contribution is 1.95. The van der Waals surface area contributed by atoms with E-state index in [1.54, 1.807) is 0 Å². The Morgan fingerprint density at radius 3 is 2.46 bits per heavy atom. The van der Waals surface area contributed by atoms with Crippen LogP contribution in [0.3, 0.4) is 0 Å². The summed E-state index contributed by atoms with van der Waals surface area (Å²) in [4.78, 5) is 0. The zero-order chi connectivity index (χ0) is 10.1. The van der Waals surface area contributed by atoms with Crippen molar-refractivity contribution in [3.05, 3.63) is 0 Å². The fourth-order valence-electron chi connectivity index (χ4n) is 0.876. The van der Waals surface area contributed by atoms with Crippen molar-refractivity contribution in [2.75, 3.05) is 26.4 Å². The molecular weight excluding hydrogens is 170 g/mol. The molecule has 0 saturated carbocycles. The Morgan fingerprint density at radius 2 is 2.00 bits per heavy atom. The summed E-state index contributed by atoms with van der Waals surface area (Å²) in [6.07, 6.45) is 0.738. The monoisotopic (exact) mass is 191 g/mol. The highest BCUT2D eigenvalue weighted by molar-refractivity contribution is 4.66. The zero-order valence-electron chi connectivity index (χ0n) is 8.53.